The first-order valence-corrected chi connectivity index (χ1v) is 8.49. The number of benzene rings is 2. The number of aromatic nitrogens is 2. The first kappa shape index (κ1) is 19.0. The van der Waals surface area contributed by atoms with Crippen molar-refractivity contribution in [1.29, 1.82) is 0 Å². The zero-order valence-corrected chi connectivity index (χ0v) is 15.0. The van der Waals surface area contributed by atoms with Gasteiger partial charge in [-0.05, 0) is 55.5 Å². The molecule has 2 N–H and O–H groups in total. The van der Waals surface area contributed by atoms with Crippen LogP contribution in [0.3, 0.4) is 0 Å². The molecule has 0 atom stereocenters. The molecule has 7 nitrogen and oxygen atoms in total. The molecule has 1 heterocycles. The van der Waals surface area contributed by atoms with Crippen LogP contribution in [0.1, 0.15) is 27.8 Å². The van der Waals surface area contributed by atoms with Crippen molar-refractivity contribution in [2.24, 2.45) is 0 Å². The Morgan fingerprint density at radius 1 is 1.07 bits per heavy atom. The van der Waals surface area contributed by atoms with E-state index in [0.717, 1.165) is 0 Å². The molecule has 142 valence electrons. The molecule has 0 fully saturated rings. The van der Waals surface area contributed by atoms with E-state index in [-0.39, 0.29) is 18.2 Å². The average Bonchev–Trinajstić information content (AvgIpc) is 2.69. The molecule has 0 aliphatic heterocycles. The molecule has 1 amide bonds. The van der Waals surface area contributed by atoms with Crippen molar-refractivity contribution in [1.82, 2.24) is 9.97 Å². The van der Waals surface area contributed by atoms with E-state index < -0.39 is 17.7 Å². The summed E-state index contributed by atoms with van der Waals surface area (Å²) in [6.45, 7) is 2.02. The van der Waals surface area contributed by atoms with Crippen LogP contribution < -0.4 is 10.6 Å². The van der Waals surface area contributed by atoms with Crippen LogP contribution in [0.25, 0.3) is 0 Å². The Morgan fingerprint density at radius 2 is 1.86 bits per heavy atom. The summed E-state index contributed by atoms with van der Waals surface area (Å²) in [5.74, 6) is -1.11. The predicted octanol–water partition coefficient (Wildman–Crippen LogP) is 3.79. The molecule has 0 spiro atoms. The lowest BCUT2D eigenvalue weighted by Crippen LogP contribution is -2.15. The van der Waals surface area contributed by atoms with Crippen molar-refractivity contribution in [3.63, 3.8) is 0 Å². The Balaban J connectivity index is 1.68. The number of carbonyl (C=O) groups excluding carboxylic acids is 2. The number of nitrogens with zero attached hydrogens (tertiary/aromatic N) is 2. The first-order chi connectivity index (χ1) is 13.5. The number of hydrogen-bond donors (Lipinski definition) is 2. The largest absolute Gasteiger partial charge is 0.462 e. The van der Waals surface area contributed by atoms with E-state index in [2.05, 4.69) is 20.6 Å². The fourth-order valence-electron chi connectivity index (χ4n) is 2.34. The van der Waals surface area contributed by atoms with Crippen molar-refractivity contribution < 1.29 is 18.7 Å². The molecule has 8 heteroatoms. The van der Waals surface area contributed by atoms with Crippen molar-refractivity contribution in [3.05, 3.63) is 77.9 Å². The van der Waals surface area contributed by atoms with Crippen LogP contribution in [0.2, 0.25) is 0 Å². The number of carbonyl (C=O) groups is 2. The van der Waals surface area contributed by atoms with Crippen LogP contribution in [0.5, 0.6) is 0 Å². The van der Waals surface area contributed by atoms with Crippen LogP contribution in [0.4, 0.5) is 21.7 Å². The lowest BCUT2D eigenvalue weighted by atomic mass is 10.2. The third-order valence-electron chi connectivity index (χ3n) is 3.62. The van der Waals surface area contributed by atoms with Gasteiger partial charge in [0.15, 0.2) is 0 Å². The van der Waals surface area contributed by atoms with Gasteiger partial charge in [0.1, 0.15) is 11.5 Å². The topological polar surface area (TPSA) is 93.2 Å². The molecular weight excluding hydrogens is 363 g/mol. The fourth-order valence-corrected chi connectivity index (χ4v) is 2.34. The Bertz CT molecular complexity index is 993. The lowest BCUT2D eigenvalue weighted by molar-refractivity contribution is 0.0526. The Kier molecular flexibility index (Phi) is 5.91. The van der Waals surface area contributed by atoms with Crippen molar-refractivity contribution >= 4 is 29.2 Å². The number of anilines is 3. The van der Waals surface area contributed by atoms with Gasteiger partial charge in [0.05, 0.1) is 12.2 Å². The maximum absolute atomic E-state index is 13.3. The maximum Gasteiger partial charge on any atom is 0.338 e. The van der Waals surface area contributed by atoms with Crippen LogP contribution in [0.15, 0.2) is 60.8 Å². The third kappa shape index (κ3) is 4.88. The molecule has 0 saturated carbocycles. The minimum absolute atomic E-state index is 0.128. The molecule has 0 unspecified atom stereocenters. The lowest BCUT2D eigenvalue weighted by Gasteiger charge is -2.08. The molecule has 0 saturated heterocycles. The van der Waals surface area contributed by atoms with Crippen molar-refractivity contribution in [2.45, 2.75) is 6.92 Å². The Hall–Kier alpha value is -3.81. The van der Waals surface area contributed by atoms with Gasteiger partial charge >= 0.3 is 5.97 Å². The highest BCUT2D eigenvalue weighted by atomic mass is 19.1. The van der Waals surface area contributed by atoms with Gasteiger partial charge in [0.2, 0.25) is 5.95 Å². The second-order valence-electron chi connectivity index (χ2n) is 5.65. The number of amides is 1. The SMILES string of the molecule is CCOC(=O)c1ccc(NC(=O)c2ccnc(Nc3cccc(F)c3)n2)cc1. The third-order valence-corrected chi connectivity index (χ3v) is 3.62. The molecule has 0 aliphatic rings. The van der Waals surface area contributed by atoms with Crippen LogP contribution in [-0.2, 0) is 4.74 Å². The van der Waals surface area contributed by atoms with Gasteiger partial charge < -0.3 is 15.4 Å². The molecule has 0 aliphatic carbocycles. The van der Waals surface area contributed by atoms with Gasteiger partial charge in [-0.25, -0.2) is 19.2 Å². The zero-order chi connectivity index (χ0) is 19.9. The van der Waals surface area contributed by atoms with Gasteiger partial charge in [-0.2, -0.15) is 0 Å². The van der Waals surface area contributed by atoms with Crippen LogP contribution in [-0.4, -0.2) is 28.5 Å². The number of ether oxygens (including phenoxy) is 1. The summed E-state index contributed by atoms with van der Waals surface area (Å²) in [5, 5.41) is 5.53. The molecule has 3 rings (SSSR count). The fraction of sp³-hybridized carbons (Fsp3) is 0.100. The van der Waals surface area contributed by atoms with E-state index in [0.29, 0.717) is 16.9 Å². The highest BCUT2D eigenvalue weighted by Gasteiger charge is 2.11. The quantitative estimate of drug-likeness (QED) is 0.632. The zero-order valence-electron chi connectivity index (χ0n) is 15.0. The van der Waals surface area contributed by atoms with Crippen LogP contribution in [0, 0.1) is 5.82 Å². The molecular formula is C20H17FN4O3. The summed E-state index contributed by atoms with van der Waals surface area (Å²) < 4.78 is 18.2. The Morgan fingerprint density at radius 3 is 2.57 bits per heavy atom. The van der Waals surface area contributed by atoms with E-state index in [4.69, 9.17) is 4.74 Å². The first-order valence-electron chi connectivity index (χ1n) is 8.49. The van der Waals surface area contributed by atoms with Gasteiger partial charge in [-0.1, -0.05) is 6.07 Å². The highest BCUT2D eigenvalue weighted by molar-refractivity contribution is 6.03. The number of nitrogens with one attached hydrogen (secondary N) is 2. The van der Waals surface area contributed by atoms with E-state index in [9.17, 15) is 14.0 Å². The average molecular weight is 380 g/mol. The van der Waals surface area contributed by atoms with E-state index in [1.54, 1.807) is 43.3 Å². The van der Waals surface area contributed by atoms with Crippen molar-refractivity contribution in [3.8, 4) is 0 Å². The maximum atomic E-state index is 13.3. The smallest absolute Gasteiger partial charge is 0.338 e. The summed E-state index contributed by atoms with van der Waals surface area (Å²) >= 11 is 0. The minimum Gasteiger partial charge on any atom is -0.462 e. The molecule has 28 heavy (non-hydrogen) atoms. The van der Waals surface area contributed by atoms with Gasteiger partial charge in [0.25, 0.3) is 5.91 Å². The highest BCUT2D eigenvalue weighted by Crippen LogP contribution is 2.15. The molecule has 3 aromatic rings. The number of esters is 1. The number of hydrogen-bond acceptors (Lipinski definition) is 6. The monoisotopic (exact) mass is 380 g/mol. The summed E-state index contributed by atoms with van der Waals surface area (Å²) in [6, 6.07) is 13.6. The molecule has 2 aromatic carbocycles. The predicted molar refractivity (Wildman–Crippen MR) is 102 cm³/mol. The normalized spacial score (nSPS) is 10.2. The summed E-state index contributed by atoms with van der Waals surface area (Å²) in [4.78, 5) is 32.2. The second-order valence-corrected chi connectivity index (χ2v) is 5.65. The minimum atomic E-state index is -0.450. The van der Waals surface area contributed by atoms with E-state index >= 15 is 0 Å². The van der Waals surface area contributed by atoms with Crippen molar-refractivity contribution in [2.75, 3.05) is 17.2 Å². The van der Waals surface area contributed by atoms with Crippen LogP contribution >= 0.6 is 0 Å². The Labute approximate surface area is 160 Å². The van der Waals surface area contributed by atoms with Gasteiger partial charge in [0, 0.05) is 17.6 Å². The number of rotatable bonds is 6. The second kappa shape index (κ2) is 8.72. The summed E-state index contributed by atoms with van der Waals surface area (Å²) in [7, 11) is 0. The van der Waals surface area contributed by atoms with E-state index in [1.807, 2.05) is 0 Å². The molecule has 0 bridgehead atoms. The standard InChI is InChI=1S/C20H17FN4O3/c1-2-28-19(27)13-6-8-15(9-7-13)23-18(26)17-10-11-22-20(25-17)24-16-5-3-4-14(21)12-16/h3-12H,2H2,1H3,(H,23,26)(H,22,24,25). The summed E-state index contributed by atoms with van der Waals surface area (Å²) in [6.07, 6.45) is 1.42. The van der Waals surface area contributed by atoms with E-state index in [1.165, 1.54) is 24.4 Å². The van der Waals surface area contributed by atoms with Gasteiger partial charge in [-0.15, -0.1) is 0 Å². The molecule has 1 aromatic heterocycles. The molecule has 0 radical (unpaired) electrons. The van der Waals surface area contributed by atoms with Gasteiger partial charge in [-0.3, -0.25) is 4.79 Å². The number of halogens is 1. The summed E-state index contributed by atoms with van der Waals surface area (Å²) in [5.41, 5.74) is 1.48.